The first-order valence-electron chi connectivity index (χ1n) is 8.48. The van der Waals surface area contributed by atoms with E-state index in [1.54, 1.807) is 13.2 Å². The highest BCUT2D eigenvalue weighted by Gasteiger charge is 2.13. The number of anilines is 1. The van der Waals surface area contributed by atoms with E-state index in [2.05, 4.69) is 17.6 Å². The van der Waals surface area contributed by atoms with E-state index in [0.717, 1.165) is 17.7 Å². The van der Waals surface area contributed by atoms with Gasteiger partial charge in [0.25, 0.3) is 5.91 Å². The number of nitriles is 1. The molecule has 0 heterocycles. The van der Waals surface area contributed by atoms with Gasteiger partial charge in [-0.1, -0.05) is 37.3 Å². The molecule has 2 aromatic rings. The third-order valence-corrected chi connectivity index (χ3v) is 4.05. The number of rotatable bonds is 7. The molecule has 0 aliphatic heterocycles. The standard InChI is InChI=1S/C21H23N3O2/c1-4-16-8-10-17(11-9-16)15(2)24-21(25)18(13-22)14-23-19-6-5-7-20(12-19)26-3/h5-12,14-15,23H,4H2,1-3H3,(H,24,25)/b18-14-. The molecule has 0 aromatic heterocycles. The van der Waals surface area contributed by atoms with Gasteiger partial charge in [0.15, 0.2) is 0 Å². The molecule has 2 rings (SSSR count). The molecule has 1 unspecified atom stereocenters. The van der Waals surface area contributed by atoms with E-state index in [1.807, 2.05) is 55.5 Å². The number of hydrogen-bond donors (Lipinski definition) is 2. The van der Waals surface area contributed by atoms with E-state index in [9.17, 15) is 10.1 Å². The van der Waals surface area contributed by atoms with Gasteiger partial charge in [-0.25, -0.2) is 0 Å². The number of aryl methyl sites for hydroxylation is 1. The first-order chi connectivity index (χ1) is 12.6. The Morgan fingerprint density at radius 3 is 2.62 bits per heavy atom. The Hall–Kier alpha value is -3.26. The van der Waals surface area contributed by atoms with Gasteiger partial charge in [-0.05, 0) is 36.6 Å². The van der Waals surface area contributed by atoms with E-state index in [0.29, 0.717) is 5.75 Å². The van der Waals surface area contributed by atoms with Crippen LogP contribution in [0.1, 0.15) is 31.0 Å². The van der Waals surface area contributed by atoms with Crippen LogP contribution in [0.5, 0.6) is 5.75 Å². The fraction of sp³-hybridized carbons (Fsp3) is 0.238. The number of carbonyl (C=O) groups is 1. The molecule has 0 aliphatic rings. The smallest absolute Gasteiger partial charge is 0.263 e. The number of ether oxygens (including phenoxy) is 1. The van der Waals surface area contributed by atoms with E-state index in [-0.39, 0.29) is 11.6 Å². The van der Waals surface area contributed by atoms with Gasteiger partial charge in [-0.3, -0.25) is 4.79 Å². The van der Waals surface area contributed by atoms with Gasteiger partial charge in [0.05, 0.1) is 13.2 Å². The molecule has 0 aliphatic carbocycles. The van der Waals surface area contributed by atoms with Crippen molar-refractivity contribution in [2.75, 3.05) is 12.4 Å². The Labute approximate surface area is 154 Å². The maximum absolute atomic E-state index is 12.4. The van der Waals surface area contributed by atoms with Crippen molar-refractivity contribution in [1.82, 2.24) is 5.32 Å². The highest BCUT2D eigenvalue weighted by Crippen LogP contribution is 2.17. The van der Waals surface area contributed by atoms with Crippen molar-refractivity contribution >= 4 is 11.6 Å². The third-order valence-electron chi connectivity index (χ3n) is 4.05. The zero-order chi connectivity index (χ0) is 18.9. The quantitative estimate of drug-likeness (QED) is 0.586. The lowest BCUT2D eigenvalue weighted by Crippen LogP contribution is -2.28. The summed E-state index contributed by atoms with van der Waals surface area (Å²) >= 11 is 0. The maximum atomic E-state index is 12.4. The van der Waals surface area contributed by atoms with Crippen LogP contribution in [0, 0.1) is 11.3 Å². The molecule has 1 amide bonds. The molecule has 1 atom stereocenters. The van der Waals surface area contributed by atoms with Crippen LogP contribution in [0.15, 0.2) is 60.3 Å². The van der Waals surface area contributed by atoms with Gasteiger partial charge >= 0.3 is 0 Å². The van der Waals surface area contributed by atoms with Gasteiger partial charge in [0, 0.05) is 18.0 Å². The molecule has 5 nitrogen and oxygen atoms in total. The summed E-state index contributed by atoms with van der Waals surface area (Å²) in [4.78, 5) is 12.4. The molecule has 0 spiro atoms. The fourth-order valence-corrected chi connectivity index (χ4v) is 2.42. The minimum atomic E-state index is -0.421. The summed E-state index contributed by atoms with van der Waals surface area (Å²) in [5.74, 6) is 0.269. The summed E-state index contributed by atoms with van der Waals surface area (Å²) in [5, 5.41) is 15.1. The van der Waals surface area contributed by atoms with Crippen LogP contribution in [0.2, 0.25) is 0 Å². The number of hydrogen-bond acceptors (Lipinski definition) is 4. The van der Waals surface area contributed by atoms with Crippen molar-refractivity contribution in [3.8, 4) is 11.8 Å². The van der Waals surface area contributed by atoms with Crippen LogP contribution in [0.4, 0.5) is 5.69 Å². The maximum Gasteiger partial charge on any atom is 0.263 e. The number of nitrogens with one attached hydrogen (secondary N) is 2. The zero-order valence-corrected chi connectivity index (χ0v) is 15.2. The molecule has 5 heteroatoms. The van der Waals surface area contributed by atoms with Gasteiger partial charge in [0.1, 0.15) is 17.4 Å². The number of amides is 1. The summed E-state index contributed by atoms with van der Waals surface area (Å²) in [5.41, 5.74) is 2.97. The molecular weight excluding hydrogens is 326 g/mol. The SMILES string of the molecule is CCc1ccc(C(C)NC(=O)/C(C#N)=C\Nc2cccc(OC)c2)cc1. The molecular formula is C21H23N3O2. The summed E-state index contributed by atoms with van der Waals surface area (Å²) in [6.07, 6.45) is 2.37. The van der Waals surface area contributed by atoms with Crippen molar-refractivity contribution in [1.29, 1.82) is 5.26 Å². The summed E-state index contributed by atoms with van der Waals surface area (Å²) in [6.45, 7) is 3.99. The molecule has 134 valence electrons. The first-order valence-corrected chi connectivity index (χ1v) is 8.48. The Morgan fingerprint density at radius 1 is 1.27 bits per heavy atom. The number of nitrogens with zero attached hydrogens (tertiary/aromatic N) is 1. The second-order valence-electron chi connectivity index (χ2n) is 5.84. The monoisotopic (exact) mass is 349 g/mol. The summed E-state index contributed by atoms with van der Waals surface area (Å²) in [6, 6.07) is 17.1. The predicted molar refractivity (Wildman–Crippen MR) is 103 cm³/mol. The van der Waals surface area contributed by atoms with E-state index in [1.165, 1.54) is 11.8 Å². The molecule has 2 N–H and O–H groups in total. The number of methoxy groups -OCH3 is 1. The highest BCUT2D eigenvalue weighted by atomic mass is 16.5. The van der Waals surface area contributed by atoms with Crippen molar-refractivity contribution in [3.63, 3.8) is 0 Å². The molecule has 0 radical (unpaired) electrons. The lowest BCUT2D eigenvalue weighted by Gasteiger charge is -2.14. The Kier molecular flexibility index (Phi) is 6.81. The Morgan fingerprint density at radius 2 is 2.00 bits per heavy atom. The summed E-state index contributed by atoms with van der Waals surface area (Å²) < 4.78 is 5.15. The molecule has 2 aromatic carbocycles. The van der Waals surface area contributed by atoms with Gasteiger partial charge in [-0.15, -0.1) is 0 Å². The van der Waals surface area contributed by atoms with Crippen LogP contribution in [-0.2, 0) is 11.2 Å². The third kappa shape index (κ3) is 5.12. The van der Waals surface area contributed by atoms with Crippen LogP contribution >= 0.6 is 0 Å². The van der Waals surface area contributed by atoms with Gasteiger partial charge in [0.2, 0.25) is 0 Å². The average Bonchev–Trinajstić information content (AvgIpc) is 2.68. The average molecular weight is 349 g/mol. The van der Waals surface area contributed by atoms with E-state index < -0.39 is 5.91 Å². The number of benzene rings is 2. The lowest BCUT2D eigenvalue weighted by molar-refractivity contribution is -0.117. The van der Waals surface area contributed by atoms with Crippen molar-refractivity contribution in [2.24, 2.45) is 0 Å². The minimum absolute atomic E-state index is 0.00449. The predicted octanol–water partition coefficient (Wildman–Crippen LogP) is 3.95. The van der Waals surface area contributed by atoms with E-state index >= 15 is 0 Å². The molecule has 0 saturated carbocycles. The molecule has 0 fully saturated rings. The van der Waals surface area contributed by atoms with Gasteiger partial charge in [-0.2, -0.15) is 5.26 Å². The second kappa shape index (κ2) is 9.28. The highest BCUT2D eigenvalue weighted by molar-refractivity contribution is 5.97. The van der Waals surface area contributed by atoms with Crippen LogP contribution in [0.3, 0.4) is 0 Å². The van der Waals surface area contributed by atoms with Crippen LogP contribution < -0.4 is 15.4 Å². The van der Waals surface area contributed by atoms with E-state index in [4.69, 9.17) is 4.74 Å². The Bertz CT molecular complexity index is 820. The van der Waals surface area contributed by atoms with Gasteiger partial charge < -0.3 is 15.4 Å². The minimum Gasteiger partial charge on any atom is -0.497 e. The summed E-state index contributed by atoms with van der Waals surface area (Å²) in [7, 11) is 1.58. The lowest BCUT2D eigenvalue weighted by atomic mass is 10.0. The van der Waals surface area contributed by atoms with Crippen molar-refractivity contribution in [2.45, 2.75) is 26.3 Å². The molecule has 26 heavy (non-hydrogen) atoms. The van der Waals surface area contributed by atoms with Crippen LogP contribution in [-0.4, -0.2) is 13.0 Å². The van der Waals surface area contributed by atoms with Crippen molar-refractivity contribution < 1.29 is 9.53 Å². The zero-order valence-electron chi connectivity index (χ0n) is 15.2. The topological polar surface area (TPSA) is 74.2 Å². The largest absolute Gasteiger partial charge is 0.497 e. The van der Waals surface area contributed by atoms with Crippen molar-refractivity contribution in [3.05, 3.63) is 71.4 Å². The molecule has 0 bridgehead atoms. The van der Waals surface area contributed by atoms with Crippen LogP contribution in [0.25, 0.3) is 0 Å². The fourth-order valence-electron chi connectivity index (χ4n) is 2.42. The first kappa shape index (κ1) is 19.1. The second-order valence-corrected chi connectivity index (χ2v) is 5.84. The molecule has 0 saturated heterocycles. The normalized spacial score (nSPS) is 12.0. The Balaban J connectivity index is 2.03. The number of carbonyl (C=O) groups excluding carboxylic acids is 1.